The molecule has 0 aliphatic carbocycles. The number of hydrogen-bond acceptors (Lipinski definition) is 2. The van der Waals surface area contributed by atoms with Crippen molar-refractivity contribution < 1.29 is 4.42 Å². The molecule has 0 aliphatic heterocycles. The second-order valence-electron chi connectivity index (χ2n) is 15.7. The zero-order valence-corrected chi connectivity index (χ0v) is 34.0. The normalized spacial score (nSPS) is 11.2. The predicted octanol–water partition coefficient (Wildman–Crippen LogP) is 17.1. The van der Waals surface area contributed by atoms with Gasteiger partial charge in [-0.15, -0.1) is 0 Å². The molecule has 292 valence electrons. The molecule has 0 aliphatic rings. The van der Waals surface area contributed by atoms with Gasteiger partial charge in [-0.25, -0.2) is 0 Å². The second-order valence-corrected chi connectivity index (χ2v) is 15.7. The monoisotopic (exact) mass is 791 g/mol. The molecule has 0 unspecified atom stereocenters. The van der Waals surface area contributed by atoms with Crippen LogP contribution in [0.5, 0.6) is 0 Å². The number of fused-ring (bicyclic) bond motifs is 3. The van der Waals surface area contributed by atoms with Crippen LogP contribution in [0.3, 0.4) is 0 Å². The summed E-state index contributed by atoms with van der Waals surface area (Å²) in [5.74, 6) is 0. The van der Waals surface area contributed by atoms with Crippen molar-refractivity contribution in [3.8, 4) is 66.8 Å². The van der Waals surface area contributed by atoms with E-state index in [2.05, 4.69) is 241 Å². The minimum atomic E-state index is 0.898. The van der Waals surface area contributed by atoms with Gasteiger partial charge in [0.25, 0.3) is 0 Å². The van der Waals surface area contributed by atoms with Gasteiger partial charge < -0.3 is 9.32 Å². The number of nitrogens with zero attached hydrogens (tertiary/aromatic N) is 1. The molecule has 1 heterocycles. The van der Waals surface area contributed by atoms with Gasteiger partial charge in [0.2, 0.25) is 0 Å². The third-order valence-electron chi connectivity index (χ3n) is 12.0. The van der Waals surface area contributed by atoms with Gasteiger partial charge in [0, 0.05) is 27.8 Å². The largest absolute Gasteiger partial charge is 0.456 e. The van der Waals surface area contributed by atoms with Crippen LogP contribution in [0.4, 0.5) is 17.1 Å². The molecule has 0 saturated heterocycles. The highest BCUT2D eigenvalue weighted by molar-refractivity contribution is 6.06. The van der Waals surface area contributed by atoms with Crippen LogP contribution in [0.2, 0.25) is 0 Å². The molecule has 1 aromatic heterocycles. The Kier molecular flexibility index (Phi) is 9.57. The third kappa shape index (κ3) is 6.94. The van der Waals surface area contributed by atoms with Crippen molar-refractivity contribution in [3.63, 3.8) is 0 Å². The molecule has 0 bridgehead atoms. The van der Waals surface area contributed by atoms with Gasteiger partial charge in [0.1, 0.15) is 11.2 Å². The molecule has 0 saturated carbocycles. The Labute approximate surface area is 362 Å². The zero-order valence-electron chi connectivity index (χ0n) is 34.0. The topological polar surface area (TPSA) is 16.4 Å². The summed E-state index contributed by atoms with van der Waals surface area (Å²) in [5.41, 5.74) is 19.3. The van der Waals surface area contributed by atoms with Gasteiger partial charge in [-0.3, -0.25) is 0 Å². The average Bonchev–Trinajstić information content (AvgIpc) is 3.73. The van der Waals surface area contributed by atoms with Crippen molar-refractivity contribution in [3.05, 3.63) is 249 Å². The van der Waals surface area contributed by atoms with Crippen LogP contribution in [0.15, 0.2) is 253 Å². The van der Waals surface area contributed by atoms with Gasteiger partial charge >= 0.3 is 0 Å². The van der Waals surface area contributed by atoms with Crippen molar-refractivity contribution in [1.82, 2.24) is 0 Å². The van der Waals surface area contributed by atoms with E-state index in [1.807, 2.05) is 12.1 Å². The first kappa shape index (κ1) is 36.8. The Balaban J connectivity index is 0.964. The van der Waals surface area contributed by atoms with E-state index in [0.29, 0.717) is 0 Å². The number of furan rings is 1. The fourth-order valence-corrected chi connectivity index (χ4v) is 8.89. The molecule has 10 aromatic carbocycles. The number of benzene rings is 10. The quantitative estimate of drug-likeness (QED) is 0.145. The summed E-state index contributed by atoms with van der Waals surface area (Å²) in [6.45, 7) is 0. The van der Waals surface area contributed by atoms with E-state index in [0.717, 1.165) is 55.7 Å². The summed E-state index contributed by atoms with van der Waals surface area (Å²) < 4.78 is 6.25. The average molecular weight is 792 g/mol. The molecule has 0 amide bonds. The van der Waals surface area contributed by atoms with E-state index < -0.39 is 0 Å². The Morgan fingerprint density at radius 1 is 0.226 bits per heavy atom. The fourth-order valence-electron chi connectivity index (χ4n) is 8.89. The first-order chi connectivity index (χ1) is 30.7. The lowest BCUT2D eigenvalue weighted by atomic mass is 9.87. The number of para-hydroxylation sites is 1. The van der Waals surface area contributed by atoms with Crippen LogP contribution < -0.4 is 4.90 Å². The summed E-state index contributed by atoms with van der Waals surface area (Å²) in [6, 6.07) is 89.0. The Morgan fingerprint density at radius 2 is 0.565 bits per heavy atom. The molecule has 62 heavy (non-hydrogen) atoms. The van der Waals surface area contributed by atoms with Crippen molar-refractivity contribution in [2.45, 2.75) is 0 Å². The summed E-state index contributed by atoms with van der Waals surface area (Å²) in [5, 5.41) is 2.28. The maximum atomic E-state index is 6.25. The summed E-state index contributed by atoms with van der Waals surface area (Å²) in [6.07, 6.45) is 0. The van der Waals surface area contributed by atoms with Gasteiger partial charge in [-0.1, -0.05) is 194 Å². The van der Waals surface area contributed by atoms with Gasteiger partial charge in [-0.2, -0.15) is 0 Å². The highest BCUT2D eigenvalue weighted by Gasteiger charge is 2.18. The highest BCUT2D eigenvalue weighted by Crippen LogP contribution is 2.43. The first-order valence-electron chi connectivity index (χ1n) is 21.2. The minimum Gasteiger partial charge on any atom is -0.456 e. The van der Waals surface area contributed by atoms with Crippen molar-refractivity contribution >= 4 is 39.0 Å². The van der Waals surface area contributed by atoms with Crippen molar-refractivity contribution in [2.24, 2.45) is 0 Å². The molecule has 0 radical (unpaired) electrons. The van der Waals surface area contributed by atoms with Crippen LogP contribution in [0.25, 0.3) is 88.7 Å². The van der Waals surface area contributed by atoms with Gasteiger partial charge in [0.05, 0.1) is 0 Å². The Bertz CT molecular complexity index is 3310. The van der Waals surface area contributed by atoms with E-state index >= 15 is 0 Å². The smallest absolute Gasteiger partial charge is 0.136 e. The maximum absolute atomic E-state index is 6.25. The molecule has 0 fully saturated rings. The summed E-state index contributed by atoms with van der Waals surface area (Å²) in [7, 11) is 0. The molecule has 0 atom stereocenters. The predicted molar refractivity (Wildman–Crippen MR) is 261 cm³/mol. The number of rotatable bonds is 9. The van der Waals surface area contributed by atoms with Crippen LogP contribution in [0.1, 0.15) is 0 Å². The molecule has 2 nitrogen and oxygen atoms in total. The standard InChI is InChI=1S/C60H41NO/c1-3-15-42(16-4-1)43-27-34-48(35-28-43)61(49-36-29-44(30-37-49)47-33-40-58-57-25-13-14-26-59(57)62-60(58)41-47)50-38-31-46(32-39-50)52-20-8-10-22-54(52)56-24-12-11-23-55(56)53-21-9-7-19-51(53)45-17-5-2-6-18-45/h1-41H. The van der Waals surface area contributed by atoms with Crippen molar-refractivity contribution in [1.29, 1.82) is 0 Å². The highest BCUT2D eigenvalue weighted by atomic mass is 16.3. The lowest BCUT2D eigenvalue weighted by Crippen LogP contribution is -2.09. The van der Waals surface area contributed by atoms with Crippen LogP contribution in [0, 0.1) is 0 Å². The third-order valence-corrected chi connectivity index (χ3v) is 12.0. The summed E-state index contributed by atoms with van der Waals surface area (Å²) in [4.78, 5) is 2.34. The minimum absolute atomic E-state index is 0.898. The Morgan fingerprint density at radius 3 is 1.10 bits per heavy atom. The van der Waals surface area contributed by atoms with Crippen molar-refractivity contribution in [2.75, 3.05) is 4.90 Å². The molecule has 0 N–H and O–H groups in total. The van der Waals surface area contributed by atoms with E-state index in [4.69, 9.17) is 4.42 Å². The second kappa shape index (κ2) is 16.1. The molecule has 0 spiro atoms. The molecule has 11 aromatic rings. The van der Waals surface area contributed by atoms with Crippen LogP contribution >= 0.6 is 0 Å². The molecule has 11 rings (SSSR count). The summed E-state index contributed by atoms with van der Waals surface area (Å²) >= 11 is 0. The van der Waals surface area contributed by atoms with E-state index in [1.165, 1.54) is 50.1 Å². The zero-order chi connectivity index (χ0) is 41.2. The maximum Gasteiger partial charge on any atom is 0.136 e. The van der Waals surface area contributed by atoms with E-state index in [-0.39, 0.29) is 0 Å². The van der Waals surface area contributed by atoms with Crippen LogP contribution in [-0.4, -0.2) is 0 Å². The fraction of sp³-hybridized carbons (Fsp3) is 0. The molecule has 2 heteroatoms. The molecular weight excluding hydrogens is 751 g/mol. The van der Waals surface area contributed by atoms with E-state index in [1.54, 1.807) is 0 Å². The SMILES string of the molecule is c1ccc(-c2ccc(N(c3ccc(-c4ccc5c(c4)oc4ccccc45)cc3)c3ccc(-c4ccccc4-c4ccccc4-c4ccccc4-c4ccccc4)cc3)cc2)cc1. The first-order valence-corrected chi connectivity index (χ1v) is 21.2. The van der Waals surface area contributed by atoms with Crippen LogP contribution in [-0.2, 0) is 0 Å². The molecular formula is C60H41NO. The lowest BCUT2D eigenvalue weighted by molar-refractivity contribution is 0.669. The number of anilines is 3. The lowest BCUT2D eigenvalue weighted by Gasteiger charge is -2.26. The van der Waals surface area contributed by atoms with E-state index in [9.17, 15) is 0 Å². The number of hydrogen-bond donors (Lipinski definition) is 0. The van der Waals surface area contributed by atoms with Gasteiger partial charge in [0.15, 0.2) is 0 Å². The van der Waals surface area contributed by atoms with Gasteiger partial charge in [-0.05, 0) is 121 Å². The Hall–Kier alpha value is -8.20.